The molecule has 13 heavy (non-hydrogen) atoms. The van der Waals surface area contributed by atoms with Crippen molar-refractivity contribution in [2.75, 3.05) is 0 Å². The summed E-state index contributed by atoms with van der Waals surface area (Å²) in [6, 6.07) is 0. The lowest BCUT2D eigenvalue weighted by Crippen LogP contribution is -2.29. The van der Waals surface area contributed by atoms with Crippen LogP contribution in [0.15, 0.2) is 12.2 Å². The molecule has 0 aromatic heterocycles. The van der Waals surface area contributed by atoms with Gasteiger partial charge in [-0.3, -0.25) is 14.9 Å². The Labute approximate surface area is 79.2 Å². The molecule has 2 amide bonds. The van der Waals surface area contributed by atoms with Crippen LogP contribution in [0.25, 0.3) is 0 Å². The molecule has 0 aliphatic carbocycles. The molecule has 0 heterocycles. The number of rotatable bonds is 4. The molecule has 3 heteroatoms. The van der Waals surface area contributed by atoms with E-state index in [9.17, 15) is 9.59 Å². The van der Waals surface area contributed by atoms with Gasteiger partial charge in [0, 0.05) is 6.42 Å². The number of imide groups is 1. The average molecular weight is 183 g/mol. The number of carbonyl (C=O) groups excluding carboxylic acids is 2. The van der Waals surface area contributed by atoms with Crippen molar-refractivity contribution >= 4 is 11.8 Å². The molecule has 0 aromatic rings. The fraction of sp³-hybridized carbons (Fsp3) is 0.600. The van der Waals surface area contributed by atoms with E-state index in [1.54, 1.807) is 13.0 Å². The van der Waals surface area contributed by atoms with Crippen LogP contribution in [-0.4, -0.2) is 11.8 Å². The molecule has 0 aliphatic rings. The van der Waals surface area contributed by atoms with Gasteiger partial charge in [-0.2, -0.15) is 0 Å². The zero-order chi connectivity index (χ0) is 10.3. The number of carbonyl (C=O) groups is 2. The van der Waals surface area contributed by atoms with Crippen molar-refractivity contribution in [3.8, 4) is 0 Å². The Balaban J connectivity index is 3.81. The topological polar surface area (TPSA) is 46.2 Å². The summed E-state index contributed by atoms with van der Waals surface area (Å²) < 4.78 is 0. The summed E-state index contributed by atoms with van der Waals surface area (Å²) in [6.07, 6.45) is 4.31. The Hall–Kier alpha value is -1.12. The van der Waals surface area contributed by atoms with E-state index in [0.29, 0.717) is 12.3 Å². The van der Waals surface area contributed by atoms with E-state index in [4.69, 9.17) is 0 Å². The molecular formula is C10H17NO2. The van der Waals surface area contributed by atoms with Crippen LogP contribution in [0, 0.1) is 5.92 Å². The highest BCUT2D eigenvalue weighted by molar-refractivity contribution is 6.00. The quantitative estimate of drug-likeness (QED) is 0.673. The first kappa shape index (κ1) is 11.9. The van der Waals surface area contributed by atoms with Gasteiger partial charge < -0.3 is 0 Å². The molecule has 0 aromatic carbocycles. The fourth-order valence-electron chi connectivity index (χ4n) is 0.842. The Kier molecular flexibility index (Phi) is 5.85. The zero-order valence-corrected chi connectivity index (χ0v) is 8.46. The van der Waals surface area contributed by atoms with Gasteiger partial charge in [-0.25, -0.2) is 0 Å². The van der Waals surface area contributed by atoms with Crippen LogP contribution in [-0.2, 0) is 9.59 Å². The van der Waals surface area contributed by atoms with Crippen LogP contribution in [0.1, 0.15) is 33.6 Å². The number of hydrogen-bond acceptors (Lipinski definition) is 2. The predicted molar refractivity (Wildman–Crippen MR) is 52.0 cm³/mol. The molecule has 0 aliphatic heterocycles. The Bertz CT molecular complexity index is 209. The first-order valence-corrected chi connectivity index (χ1v) is 4.56. The molecule has 1 N–H and O–H groups in total. The fourth-order valence-corrected chi connectivity index (χ4v) is 0.842. The average Bonchev–Trinajstić information content (AvgIpc) is 2.04. The van der Waals surface area contributed by atoms with Gasteiger partial charge in [0.2, 0.25) is 11.8 Å². The van der Waals surface area contributed by atoms with Crippen molar-refractivity contribution in [1.29, 1.82) is 0 Å². The summed E-state index contributed by atoms with van der Waals surface area (Å²) in [5.74, 6) is -0.202. The number of allylic oxidation sites excluding steroid dienone is 1. The molecule has 0 fully saturated rings. The highest BCUT2D eigenvalue weighted by Gasteiger charge is 2.08. The molecule has 0 saturated heterocycles. The summed E-state index contributed by atoms with van der Waals surface area (Å²) in [5, 5.41) is 2.28. The second-order valence-corrected chi connectivity index (χ2v) is 3.13. The minimum atomic E-state index is -0.337. The lowest BCUT2D eigenvalue weighted by molar-refractivity contribution is -0.128. The van der Waals surface area contributed by atoms with Crippen LogP contribution in [0.2, 0.25) is 0 Å². The van der Waals surface area contributed by atoms with Crippen molar-refractivity contribution in [2.24, 2.45) is 5.92 Å². The highest BCUT2D eigenvalue weighted by Crippen LogP contribution is 2.05. The van der Waals surface area contributed by atoms with Crippen LogP contribution in [0.5, 0.6) is 0 Å². The second kappa shape index (κ2) is 6.40. The number of amides is 2. The van der Waals surface area contributed by atoms with E-state index in [0.717, 1.165) is 6.42 Å². The van der Waals surface area contributed by atoms with Gasteiger partial charge >= 0.3 is 0 Å². The molecule has 0 radical (unpaired) electrons. The maximum atomic E-state index is 11.1. The Morgan fingerprint density at radius 2 is 2.08 bits per heavy atom. The molecular weight excluding hydrogens is 166 g/mol. The van der Waals surface area contributed by atoms with E-state index in [-0.39, 0.29) is 11.8 Å². The van der Waals surface area contributed by atoms with Crippen LogP contribution >= 0.6 is 0 Å². The van der Waals surface area contributed by atoms with E-state index in [1.165, 1.54) is 6.08 Å². The Morgan fingerprint density at radius 1 is 1.46 bits per heavy atom. The van der Waals surface area contributed by atoms with Crippen molar-refractivity contribution in [1.82, 2.24) is 5.32 Å². The molecule has 74 valence electrons. The standard InChI is InChI=1S/C10H17NO2/c1-4-6-9(12)11-10(13)7-8(3)5-2/h4,6,8H,5,7H2,1-3H3,(H,11,12,13). The smallest absolute Gasteiger partial charge is 0.250 e. The van der Waals surface area contributed by atoms with Crippen molar-refractivity contribution < 1.29 is 9.59 Å². The summed E-state index contributed by atoms with van der Waals surface area (Å²) >= 11 is 0. The molecule has 1 atom stereocenters. The van der Waals surface area contributed by atoms with Gasteiger partial charge in [0.05, 0.1) is 0 Å². The van der Waals surface area contributed by atoms with Gasteiger partial charge in [0.15, 0.2) is 0 Å². The number of nitrogens with one attached hydrogen (secondary N) is 1. The molecule has 0 saturated carbocycles. The van der Waals surface area contributed by atoms with Crippen molar-refractivity contribution in [3.63, 3.8) is 0 Å². The minimum absolute atomic E-state index is 0.197. The first-order valence-electron chi connectivity index (χ1n) is 4.56. The SMILES string of the molecule is CC=CC(=O)NC(=O)CC(C)CC. The minimum Gasteiger partial charge on any atom is -0.293 e. The number of hydrogen-bond donors (Lipinski definition) is 1. The van der Waals surface area contributed by atoms with Gasteiger partial charge in [-0.05, 0) is 18.9 Å². The van der Waals surface area contributed by atoms with Crippen molar-refractivity contribution in [2.45, 2.75) is 33.6 Å². The normalized spacial score (nSPS) is 12.8. The summed E-state index contributed by atoms with van der Waals surface area (Å²) in [4.78, 5) is 22.0. The third-order valence-electron chi connectivity index (χ3n) is 1.81. The zero-order valence-electron chi connectivity index (χ0n) is 8.46. The largest absolute Gasteiger partial charge is 0.293 e. The summed E-state index contributed by atoms with van der Waals surface area (Å²) in [6.45, 7) is 5.74. The molecule has 1 unspecified atom stereocenters. The first-order chi connectivity index (χ1) is 6.10. The van der Waals surface area contributed by atoms with E-state index in [1.807, 2.05) is 13.8 Å². The predicted octanol–water partition coefficient (Wildman–Crippen LogP) is 1.64. The van der Waals surface area contributed by atoms with E-state index in [2.05, 4.69) is 5.32 Å². The molecule has 0 bridgehead atoms. The van der Waals surface area contributed by atoms with Gasteiger partial charge in [0.25, 0.3) is 0 Å². The second-order valence-electron chi connectivity index (χ2n) is 3.13. The summed E-state index contributed by atoms with van der Waals surface area (Å²) in [5.41, 5.74) is 0. The monoisotopic (exact) mass is 183 g/mol. The van der Waals surface area contributed by atoms with Crippen LogP contribution in [0.3, 0.4) is 0 Å². The maximum absolute atomic E-state index is 11.1. The lowest BCUT2D eigenvalue weighted by Gasteiger charge is -2.06. The molecule has 0 rings (SSSR count). The van der Waals surface area contributed by atoms with Crippen molar-refractivity contribution in [3.05, 3.63) is 12.2 Å². The van der Waals surface area contributed by atoms with E-state index >= 15 is 0 Å². The van der Waals surface area contributed by atoms with Crippen LogP contribution < -0.4 is 5.32 Å². The van der Waals surface area contributed by atoms with Gasteiger partial charge in [-0.1, -0.05) is 26.3 Å². The van der Waals surface area contributed by atoms with Gasteiger partial charge in [0.1, 0.15) is 0 Å². The third kappa shape index (κ3) is 6.08. The molecule has 0 spiro atoms. The highest BCUT2D eigenvalue weighted by atomic mass is 16.2. The maximum Gasteiger partial charge on any atom is 0.250 e. The Morgan fingerprint density at radius 3 is 2.54 bits per heavy atom. The third-order valence-corrected chi connectivity index (χ3v) is 1.81. The van der Waals surface area contributed by atoms with E-state index < -0.39 is 0 Å². The molecule has 3 nitrogen and oxygen atoms in total. The van der Waals surface area contributed by atoms with Crippen LogP contribution in [0.4, 0.5) is 0 Å². The summed E-state index contributed by atoms with van der Waals surface area (Å²) in [7, 11) is 0. The lowest BCUT2D eigenvalue weighted by atomic mass is 10.1. The van der Waals surface area contributed by atoms with Gasteiger partial charge in [-0.15, -0.1) is 0 Å².